The SMILES string of the molecule is COc1ccc(NS(=O)(=O)c2cc(Cl)ccc2Cl)cc1N1CCCCC1=O. The molecule has 0 spiro atoms. The normalized spacial score (nSPS) is 14.9. The van der Waals surface area contributed by atoms with Crippen LogP contribution in [0.1, 0.15) is 19.3 Å². The number of benzene rings is 2. The van der Waals surface area contributed by atoms with Gasteiger partial charge in [0, 0.05) is 18.0 Å². The molecule has 6 nitrogen and oxygen atoms in total. The predicted octanol–water partition coefficient (Wildman–Crippen LogP) is 4.32. The summed E-state index contributed by atoms with van der Waals surface area (Å²) in [5.41, 5.74) is 0.819. The molecule has 0 aliphatic carbocycles. The van der Waals surface area contributed by atoms with E-state index in [0.29, 0.717) is 30.1 Å². The zero-order valence-electron chi connectivity index (χ0n) is 14.5. The number of sulfonamides is 1. The Morgan fingerprint density at radius 1 is 1.11 bits per heavy atom. The van der Waals surface area contributed by atoms with Gasteiger partial charge >= 0.3 is 0 Å². The topological polar surface area (TPSA) is 75.7 Å². The molecule has 1 N–H and O–H groups in total. The van der Waals surface area contributed by atoms with E-state index in [1.54, 1.807) is 23.1 Å². The highest BCUT2D eigenvalue weighted by Gasteiger charge is 2.24. The number of amides is 1. The Balaban J connectivity index is 1.96. The number of nitrogens with one attached hydrogen (secondary N) is 1. The monoisotopic (exact) mass is 428 g/mol. The Morgan fingerprint density at radius 2 is 1.89 bits per heavy atom. The number of piperidine rings is 1. The Hall–Kier alpha value is -1.96. The number of anilines is 2. The van der Waals surface area contributed by atoms with Crippen molar-refractivity contribution in [2.24, 2.45) is 0 Å². The lowest BCUT2D eigenvalue weighted by Gasteiger charge is -2.28. The summed E-state index contributed by atoms with van der Waals surface area (Å²) in [6.07, 6.45) is 2.18. The van der Waals surface area contributed by atoms with Gasteiger partial charge in [-0.25, -0.2) is 8.42 Å². The van der Waals surface area contributed by atoms with Crippen molar-refractivity contribution in [1.29, 1.82) is 0 Å². The second-order valence-electron chi connectivity index (χ2n) is 6.07. The second kappa shape index (κ2) is 7.96. The molecule has 0 unspecified atom stereocenters. The van der Waals surface area contributed by atoms with Gasteiger partial charge in [-0.1, -0.05) is 23.2 Å². The van der Waals surface area contributed by atoms with Gasteiger partial charge in [0.2, 0.25) is 5.91 Å². The lowest BCUT2D eigenvalue weighted by molar-refractivity contribution is -0.119. The molecule has 0 bridgehead atoms. The Bertz CT molecular complexity index is 979. The van der Waals surface area contributed by atoms with Crippen LogP contribution in [0.3, 0.4) is 0 Å². The van der Waals surface area contributed by atoms with E-state index in [1.807, 2.05) is 0 Å². The van der Waals surface area contributed by atoms with Gasteiger partial charge in [-0.2, -0.15) is 0 Å². The molecule has 3 rings (SSSR count). The first-order valence-corrected chi connectivity index (χ1v) is 10.5. The van der Waals surface area contributed by atoms with Crippen LogP contribution in [0.2, 0.25) is 10.0 Å². The second-order valence-corrected chi connectivity index (χ2v) is 8.56. The van der Waals surface area contributed by atoms with Crippen LogP contribution in [0, 0.1) is 0 Å². The first-order valence-electron chi connectivity index (χ1n) is 8.28. The van der Waals surface area contributed by atoms with E-state index in [-0.39, 0.29) is 20.8 Å². The van der Waals surface area contributed by atoms with Gasteiger partial charge in [0.1, 0.15) is 10.6 Å². The smallest absolute Gasteiger partial charge is 0.263 e. The largest absolute Gasteiger partial charge is 0.495 e. The van der Waals surface area contributed by atoms with Gasteiger partial charge in [0.05, 0.1) is 23.5 Å². The summed E-state index contributed by atoms with van der Waals surface area (Å²) in [5.74, 6) is 0.478. The van der Waals surface area contributed by atoms with Gasteiger partial charge in [-0.15, -0.1) is 0 Å². The minimum atomic E-state index is -3.96. The number of carbonyl (C=O) groups excluding carboxylic acids is 1. The molecule has 1 amide bonds. The van der Waals surface area contributed by atoms with Crippen molar-refractivity contribution in [3.8, 4) is 5.75 Å². The van der Waals surface area contributed by atoms with E-state index >= 15 is 0 Å². The van der Waals surface area contributed by atoms with Crippen LogP contribution in [0.25, 0.3) is 0 Å². The van der Waals surface area contributed by atoms with Crippen molar-refractivity contribution in [3.63, 3.8) is 0 Å². The molecule has 1 heterocycles. The molecule has 0 radical (unpaired) electrons. The first-order chi connectivity index (χ1) is 12.8. The van der Waals surface area contributed by atoms with E-state index in [2.05, 4.69) is 4.72 Å². The van der Waals surface area contributed by atoms with E-state index in [9.17, 15) is 13.2 Å². The van der Waals surface area contributed by atoms with Crippen molar-refractivity contribution in [2.75, 3.05) is 23.3 Å². The number of ether oxygens (including phenoxy) is 1. The van der Waals surface area contributed by atoms with Crippen molar-refractivity contribution >= 4 is 50.5 Å². The Labute approximate surface area is 168 Å². The summed E-state index contributed by atoms with van der Waals surface area (Å²) in [6, 6.07) is 8.98. The van der Waals surface area contributed by atoms with Gasteiger partial charge in [-0.3, -0.25) is 9.52 Å². The molecule has 27 heavy (non-hydrogen) atoms. The van der Waals surface area contributed by atoms with Crippen LogP contribution in [0.15, 0.2) is 41.3 Å². The third kappa shape index (κ3) is 4.31. The van der Waals surface area contributed by atoms with Crippen molar-refractivity contribution in [3.05, 3.63) is 46.4 Å². The summed E-state index contributed by atoms with van der Waals surface area (Å²) in [5, 5.41) is 0.320. The standard InChI is InChI=1S/C18H18Cl2N2O4S/c1-26-16-8-6-13(11-15(16)22-9-3-2-4-18(22)23)21-27(24,25)17-10-12(19)5-7-14(17)20/h5-8,10-11,21H,2-4,9H2,1H3. The molecular weight excluding hydrogens is 411 g/mol. The number of rotatable bonds is 5. The summed E-state index contributed by atoms with van der Waals surface area (Å²) in [4.78, 5) is 13.8. The molecule has 1 aliphatic heterocycles. The number of hydrogen-bond donors (Lipinski definition) is 1. The Kier molecular flexibility index (Phi) is 5.83. The van der Waals surface area contributed by atoms with Gasteiger partial charge < -0.3 is 9.64 Å². The molecular formula is C18H18Cl2N2O4S. The van der Waals surface area contributed by atoms with E-state index in [0.717, 1.165) is 12.8 Å². The van der Waals surface area contributed by atoms with Gasteiger partial charge in [-0.05, 0) is 49.2 Å². The van der Waals surface area contributed by atoms with Crippen LogP contribution in [-0.2, 0) is 14.8 Å². The highest BCUT2D eigenvalue weighted by Crippen LogP contribution is 2.35. The zero-order chi connectivity index (χ0) is 19.6. The third-order valence-corrected chi connectivity index (χ3v) is 6.33. The van der Waals surface area contributed by atoms with Crippen LogP contribution in [0.4, 0.5) is 11.4 Å². The van der Waals surface area contributed by atoms with Crippen LogP contribution < -0.4 is 14.4 Å². The van der Waals surface area contributed by atoms with Crippen LogP contribution in [0.5, 0.6) is 5.75 Å². The number of halogens is 2. The molecule has 1 fully saturated rings. The number of methoxy groups -OCH3 is 1. The van der Waals surface area contributed by atoms with Gasteiger partial charge in [0.15, 0.2) is 0 Å². The van der Waals surface area contributed by atoms with E-state index in [1.165, 1.54) is 25.3 Å². The van der Waals surface area contributed by atoms with Gasteiger partial charge in [0.25, 0.3) is 10.0 Å². The van der Waals surface area contributed by atoms with Crippen LogP contribution in [-0.4, -0.2) is 28.0 Å². The first kappa shape index (κ1) is 19.8. The maximum atomic E-state index is 12.7. The van der Waals surface area contributed by atoms with Crippen molar-refractivity contribution in [1.82, 2.24) is 0 Å². The third-order valence-electron chi connectivity index (χ3n) is 4.23. The minimum Gasteiger partial charge on any atom is -0.495 e. The minimum absolute atomic E-state index is 0.0163. The summed E-state index contributed by atoms with van der Waals surface area (Å²) in [7, 11) is -2.45. The summed E-state index contributed by atoms with van der Waals surface area (Å²) >= 11 is 11.9. The highest BCUT2D eigenvalue weighted by atomic mass is 35.5. The molecule has 9 heteroatoms. The maximum absolute atomic E-state index is 12.7. The van der Waals surface area contributed by atoms with Crippen molar-refractivity contribution in [2.45, 2.75) is 24.2 Å². The number of carbonyl (C=O) groups is 1. The fourth-order valence-electron chi connectivity index (χ4n) is 2.92. The molecule has 0 atom stereocenters. The lowest BCUT2D eigenvalue weighted by atomic mass is 10.1. The predicted molar refractivity (Wildman–Crippen MR) is 106 cm³/mol. The summed E-state index contributed by atoms with van der Waals surface area (Å²) < 4.78 is 33.3. The van der Waals surface area contributed by atoms with Crippen molar-refractivity contribution < 1.29 is 17.9 Å². The average molecular weight is 429 g/mol. The van der Waals surface area contributed by atoms with Crippen LogP contribution >= 0.6 is 23.2 Å². The average Bonchev–Trinajstić information content (AvgIpc) is 2.63. The number of nitrogens with zero attached hydrogens (tertiary/aromatic N) is 1. The van der Waals surface area contributed by atoms with E-state index in [4.69, 9.17) is 27.9 Å². The molecule has 1 saturated heterocycles. The maximum Gasteiger partial charge on any atom is 0.263 e. The quantitative estimate of drug-likeness (QED) is 0.768. The molecule has 1 aliphatic rings. The fourth-order valence-corrected chi connectivity index (χ4v) is 4.73. The molecule has 0 saturated carbocycles. The molecule has 0 aromatic heterocycles. The molecule has 2 aromatic carbocycles. The number of hydrogen-bond acceptors (Lipinski definition) is 4. The Morgan fingerprint density at radius 3 is 2.59 bits per heavy atom. The highest BCUT2D eigenvalue weighted by molar-refractivity contribution is 7.92. The summed E-state index contributed by atoms with van der Waals surface area (Å²) in [6.45, 7) is 0.561. The zero-order valence-corrected chi connectivity index (χ0v) is 16.9. The fraction of sp³-hybridized carbons (Fsp3) is 0.278. The van der Waals surface area contributed by atoms with E-state index < -0.39 is 10.0 Å². The molecule has 144 valence electrons. The molecule has 2 aromatic rings. The lowest BCUT2D eigenvalue weighted by Crippen LogP contribution is -2.35.